The van der Waals surface area contributed by atoms with E-state index in [1.54, 1.807) is 19.2 Å². The molecule has 82 valence electrons. The van der Waals surface area contributed by atoms with Gasteiger partial charge in [0.05, 0.1) is 0 Å². The van der Waals surface area contributed by atoms with Gasteiger partial charge in [0.2, 0.25) is 0 Å². The van der Waals surface area contributed by atoms with Crippen molar-refractivity contribution in [1.29, 1.82) is 0 Å². The average molecular weight is 246 g/mol. The highest BCUT2D eigenvalue weighted by molar-refractivity contribution is 7.99. The molecule has 1 unspecified atom stereocenters. The molecule has 1 aromatic rings. The number of carboxylic acids is 1. The first-order chi connectivity index (χ1) is 7.13. The largest absolute Gasteiger partial charge is 0.480 e. The molecule has 1 atom stereocenters. The van der Waals surface area contributed by atoms with Gasteiger partial charge in [-0.2, -0.15) is 0 Å². The number of hydrogen-bond acceptors (Lipinski definition) is 3. The smallest absolute Gasteiger partial charge is 0.321 e. The van der Waals surface area contributed by atoms with Crippen LogP contribution < -0.4 is 5.32 Å². The lowest BCUT2D eigenvalue weighted by molar-refractivity contribution is -0.138. The molecule has 1 aromatic carbocycles. The van der Waals surface area contributed by atoms with Crippen molar-refractivity contribution < 1.29 is 9.90 Å². The van der Waals surface area contributed by atoms with Crippen LogP contribution in [0.4, 0.5) is 0 Å². The first kappa shape index (κ1) is 12.4. The van der Waals surface area contributed by atoms with Crippen LogP contribution in [0.5, 0.6) is 0 Å². The van der Waals surface area contributed by atoms with E-state index in [1.807, 2.05) is 12.1 Å². The van der Waals surface area contributed by atoms with Crippen molar-refractivity contribution in [2.75, 3.05) is 12.8 Å². The Bertz CT molecular complexity index is 329. The van der Waals surface area contributed by atoms with E-state index in [9.17, 15) is 4.79 Å². The maximum absolute atomic E-state index is 10.7. The molecule has 0 amide bonds. The maximum atomic E-state index is 10.7. The van der Waals surface area contributed by atoms with Crippen molar-refractivity contribution in [3.8, 4) is 0 Å². The normalized spacial score (nSPS) is 12.4. The molecule has 0 saturated heterocycles. The van der Waals surface area contributed by atoms with Crippen LogP contribution in [-0.4, -0.2) is 29.9 Å². The molecule has 0 aliphatic rings. The third-order valence-corrected chi connectivity index (χ3v) is 3.23. The summed E-state index contributed by atoms with van der Waals surface area (Å²) in [5.74, 6) is -0.341. The SMILES string of the molecule is CNC(CSc1ccc(Cl)cc1)C(=O)O. The lowest BCUT2D eigenvalue weighted by atomic mass is 10.3. The molecule has 0 aromatic heterocycles. The summed E-state index contributed by atoms with van der Waals surface area (Å²) in [6.45, 7) is 0. The van der Waals surface area contributed by atoms with Crippen LogP contribution in [0.2, 0.25) is 5.02 Å². The van der Waals surface area contributed by atoms with E-state index < -0.39 is 12.0 Å². The highest BCUT2D eigenvalue weighted by atomic mass is 35.5. The number of hydrogen-bond donors (Lipinski definition) is 2. The molecule has 0 aliphatic carbocycles. The van der Waals surface area contributed by atoms with Crippen LogP contribution in [-0.2, 0) is 4.79 Å². The summed E-state index contributed by atoms with van der Waals surface area (Å²) in [7, 11) is 1.64. The summed E-state index contributed by atoms with van der Waals surface area (Å²) in [5.41, 5.74) is 0. The Labute approximate surface area is 97.8 Å². The predicted molar refractivity (Wildman–Crippen MR) is 62.7 cm³/mol. The summed E-state index contributed by atoms with van der Waals surface area (Å²) >= 11 is 7.22. The van der Waals surface area contributed by atoms with Gasteiger partial charge in [0.25, 0.3) is 0 Å². The van der Waals surface area contributed by atoms with E-state index in [-0.39, 0.29) is 0 Å². The molecule has 0 spiro atoms. The highest BCUT2D eigenvalue weighted by Gasteiger charge is 2.14. The molecule has 1 rings (SSSR count). The molecular formula is C10H12ClNO2S. The van der Waals surface area contributed by atoms with Crippen LogP contribution in [0.3, 0.4) is 0 Å². The molecule has 2 N–H and O–H groups in total. The molecule has 5 heteroatoms. The Morgan fingerprint density at radius 1 is 1.53 bits per heavy atom. The number of nitrogens with one attached hydrogen (secondary N) is 1. The second-order valence-electron chi connectivity index (χ2n) is 2.94. The van der Waals surface area contributed by atoms with Gasteiger partial charge in [-0.15, -0.1) is 11.8 Å². The second-order valence-corrected chi connectivity index (χ2v) is 4.47. The fourth-order valence-electron chi connectivity index (χ4n) is 0.988. The topological polar surface area (TPSA) is 49.3 Å². The molecular weight excluding hydrogens is 234 g/mol. The number of thioether (sulfide) groups is 1. The van der Waals surface area contributed by atoms with E-state index in [4.69, 9.17) is 16.7 Å². The van der Waals surface area contributed by atoms with Crippen LogP contribution in [0.25, 0.3) is 0 Å². The van der Waals surface area contributed by atoms with Gasteiger partial charge in [-0.1, -0.05) is 11.6 Å². The maximum Gasteiger partial charge on any atom is 0.321 e. The third-order valence-electron chi connectivity index (χ3n) is 1.88. The van der Waals surface area contributed by atoms with E-state index >= 15 is 0 Å². The summed E-state index contributed by atoms with van der Waals surface area (Å²) in [6, 6.07) is 6.81. The van der Waals surface area contributed by atoms with Crippen LogP contribution in [0, 0.1) is 0 Å². The fraction of sp³-hybridized carbons (Fsp3) is 0.300. The number of benzene rings is 1. The molecule has 0 saturated carbocycles. The average Bonchev–Trinajstić information content (AvgIpc) is 2.21. The Balaban J connectivity index is 2.49. The highest BCUT2D eigenvalue weighted by Crippen LogP contribution is 2.20. The van der Waals surface area contributed by atoms with Gasteiger partial charge in [0, 0.05) is 15.7 Å². The van der Waals surface area contributed by atoms with Gasteiger partial charge in [0.15, 0.2) is 0 Å². The number of likely N-dealkylation sites (N-methyl/N-ethyl adjacent to an activating group) is 1. The first-order valence-electron chi connectivity index (χ1n) is 4.42. The number of carboxylic acid groups (broad SMARTS) is 1. The molecule has 0 aliphatic heterocycles. The van der Waals surface area contributed by atoms with Crippen molar-refractivity contribution in [1.82, 2.24) is 5.32 Å². The van der Waals surface area contributed by atoms with Gasteiger partial charge in [-0.3, -0.25) is 4.79 Å². The van der Waals surface area contributed by atoms with Crippen LogP contribution in [0.1, 0.15) is 0 Å². The monoisotopic (exact) mass is 245 g/mol. The number of aliphatic carboxylic acids is 1. The summed E-state index contributed by atoms with van der Waals surface area (Å²) < 4.78 is 0. The predicted octanol–water partition coefficient (Wildman–Crippen LogP) is 2.10. The zero-order valence-electron chi connectivity index (χ0n) is 8.24. The van der Waals surface area contributed by atoms with Crippen molar-refractivity contribution in [2.24, 2.45) is 0 Å². The van der Waals surface area contributed by atoms with Gasteiger partial charge in [0.1, 0.15) is 6.04 Å². The van der Waals surface area contributed by atoms with E-state index in [0.29, 0.717) is 10.8 Å². The zero-order valence-corrected chi connectivity index (χ0v) is 9.81. The zero-order chi connectivity index (χ0) is 11.3. The molecule has 0 fully saturated rings. The van der Waals surface area contributed by atoms with Gasteiger partial charge < -0.3 is 10.4 Å². The quantitative estimate of drug-likeness (QED) is 0.780. The van der Waals surface area contributed by atoms with Crippen LogP contribution in [0.15, 0.2) is 29.2 Å². The van der Waals surface area contributed by atoms with Crippen molar-refractivity contribution in [3.05, 3.63) is 29.3 Å². The summed E-state index contributed by atoms with van der Waals surface area (Å²) in [6.07, 6.45) is 0. The number of rotatable bonds is 5. The van der Waals surface area contributed by atoms with E-state index in [1.165, 1.54) is 11.8 Å². The fourth-order valence-corrected chi connectivity index (χ4v) is 2.11. The molecule has 0 radical (unpaired) electrons. The first-order valence-corrected chi connectivity index (χ1v) is 5.78. The lowest BCUT2D eigenvalue weighted by Crippen LogP contribution is -2.35. The second kappa shape index (κ2) is 6.00. The summed E-state index contributed by atoms with van der Waals surface area (Å²) in [4.78, 5) is 11.7. The van der Waals surface area contributed by atoms with Crippen LogP contribution >= 0.6 is 23.4 Å². The lowest BCUT2D eigenvalue weighted by Gasteiger charge is -2.10. The number of carbonyl (C=O) groups is 1. The van der Waals surface area contributed by atoms with Gasteiger partial charge >= 0.3 is 5.97 Å². The minimum atomic E-state index is -0.834. The van der Waals surface area contributed by atoms with Crippen molar-refractivity contribution in [3.63, 3.8) is 0 Å². The molecule has 0 bridgehead atoms. The Kier molecular flexibility index (Phi) is 4.94. The minimum Gasteiger partial charge on any atom is -0.480 e. The standard InChI is InChI=1S/C10H12ClNO2S/c1-12-9(10(13)14)6-15-8-4-2-7(11)3-5-8/h2-5,9,12H,6H2,1H3,(H,13,14). The van der Waals surface area contributed by atoms with E-state index in [2.05, 4.69) is 5.32 Å². The molecule has 15 heavy (non-hydrogen) atoms. The van der Waals surface area contributed by atoms with E-state index in [0.717, 1.165) is 4.90 Å². The van der Waals surface area contributed by atoms with Crippen molar-refractivity contribution >= 4 is 29.3 Å². The van der Waals surface area contributed by atoms with Crippen molar-refractivity contribution in [2.45, 2.75) is 10.9 Å². The minimum absolute atomic E-state index is 0.494. The number of halogens is 1. The summed E-state index contributed by atoms with van der Waals surface area (Å²) in [5, 5.41) is 12.2. The Morgan fingerprint density at radius 3 is 2.60 bits per heavy atom. The Morgan fingerprint density at radius 2 is 2.13 bits per heavy atom. The molecule has 0 heterocycles. The van der Waals surface area contributed by atoms with Gasteiger partial charge in [-0.25, -0.2) is 0 Å². The van der Waals surface area contributed by atoms with Gasteiger partial charge in [-0.05, 0) is 31.3 Å². The molecule has 3 nitrogen and oxygen atoms in total. The Hall–Kier alpha value is -0.710. The third kappa shape index (κ3) is 4.11.